The summed E-state index contributed by atoms with van der Waals surface area (Å²) in [7, 11) is -2.92. The van der Waals surface area contributed by atoms with Gasteiger partial charge in [-0.05, 0) is 61.3 Å². The van der Waals surface area contributed by atoms with Crippen molar-refractivity contribution in [3.05, 3.63) is 163 Å². The van der Waals surface area contributed by atoms with Crippen LogP contribution in [-0.2, 0) is 0 Å². The molecule has 1 heterocycles. The Morgan fingerprint density at radius 1 is 0.476 bits per heavy atom. The molecule has 8 aromatic rings. The molecule has 0 aliphatic heterocycles. The van der Waals surface area contributed by atoms with Crippen LogP contribution in [0.2, 0.25) is 0 Å². The highest BCUT2D eigenvalue weighted by Gasteiger charge is 2.39. The van der Waals surface area contributed by atoms with E-state index in [1.54, 1.807) is 0 Å². The van der Waals surface area contributed by atoms with Crippen molar-refractivity contribution in [3.8, 4) is 11.5 Å². The fourth-order valence-corrected chi connectivity index (χ4v) is 10.1. The van der Waals surface area contributed by atoms with Gasteiger partial charge in [-0.3, -0.25) is 0 Å². The van der Waals surface area contributed by atoms with E-state index in [2.05, 4.69) is 115 Å². The van der Waals surface area contributed by atoms with Crippen molar-refractivity contribution in [3.63, 3.8) is 0 Å². The number of para-hydroxylation sites is 1. The Bertz CT molecular complexity index is 2270. The smallest absolute Gasteiger partial charge is 0.230 e. The van der Waals surface area contributed by atoms with E-state index in [9.17, 15) is 0 Å². The molecule has 8 rings (SSSR count). The fourth-order valence-electron chi connectivity index (χ4n) is 6.25. The van der Waals surface area contributed by atoms with Crippen LogP contribution in [0.5, 0.6) is 0 Å². The summed E-state index contributed by atoms with van der Waals surface area (Å²) in [4.78, 5) is 0. The average Bonchev–Trinajstić information content (AvgIpc) is 3.45. The molecule has 42 heavy (non-hydrogen) atoms. The first-order chi connectivity index (χ1) is 21.2. The van der Waals surface area contributed by atoms with Crippen molar-refractivity contribution in [2.75, 3.05) is 0 Å². The van der Waals surface area contributed by atoms with Crippen LogP contribution in [0.15, 0.2) is 162 Å². The number of hydrogen-bond donors (Lipinski definition) is 0. The summed E-state index contributed by atoms with van der Waals surface area (Å²) >= 11 is 0. The van der Waals surface area contributed by atoms with Crippen molar-refractivity contribution < 1.29 is 5.79 Å². The van der Waals surface area contributed by atoms with Crippen LogP contribution in [0.3, 0.4) is 0 Å². The third kappa shape index (κ3) is 3.87. The standard InChI is InChI=1S/C40H26OSi/c1-3-15-31(16-4-1)42(32-17-5-2-6-18-32,33-23-24-40-38(28-33)37-21-11-12-22-39(37)41-40)26-25-36-34-19-9-7-13-29(34)27-30-14-8-10-20-35(30)36/h1-24,27-28H/i27D. The van der Waals surface area contributed by atoms with Crippen LogP contribution in [0, 0.1) is 11.5 Å². The molecular weight excluding hydrogens is 525 g/mol. The molecule has 0 aliphatic rings. The molecule has 0 unspecified atom stereocenters. The van der Waals surface area contributed by atoms with Crippen LogP contribution in [0.4, 0.5) is 0 Å². The molecule has 0 N–H and O–H groups in total. The first-order valence-electron chi connectivity index (χ1n) is 14.7. The maximum Gasteiger partial charge on any atom is 0.230 e. The number of fused-ring (bicyclic) bond motifs is 5. The monoisotopic (exact) mass is 551 g/mol. The molecule has 0 radical (unpaired) electrons. The molecule has 0 spiro atoms. The van der Waals surface area contributed by atoms with E-state index in [0.717, 1.165) is 49.0 Å². The van der Waals surface area contributed by atoms with Gasteiger partial charge < -0.3 is 4.42 Å². The van der Waals surface area contributed by atoms with Gasteiger partial charge in [-0.25, -0.2) is 0 Å². The number of hydrogen-bond acceptors (Lipinski definition) is 1. The van der Waals surface area contributed by atoms with E-state index >= 15 is 0 Å². The molecule has 1 aromatic heterocycles. The Morgan fingerprint density at radius 2 is 1.00 bits per heavy atom. The minimum absolute atomic E-state index is 0.545. The van der Waals surface area contributed by atoms with Crippen LogP contribution in [0.25, 0.3) is 43.5 Å². The normalized spacial score (nSPS) is 12.0. The zero-order chi connectivity index (χ0) is 28.8. The maximum atomic E-state index is 8.97. The van der Waals surface area contributed by atoms with E-state index in [-0.39, 0.29) is 0 Å². The summed E-state index contributed by atoms with van der Waals surface area (Å²) in [5, 5.41) is 9.75. The Morgan fingerprint density at radius 3 is 1.64 bits per heavy atom. The number of benzene rings is 7. The number of furan rings is 1. The molecule has 0 aliphatic carbocycles. The highest BCUT2D eigenvalue weighted by atomic mass is 28.3. The first-order valence-corrected chi connectivity index (χ1v) is 16.2. The van der Waals surface area contributed by atoms with Crippen molar-refractivity contribution in [1.29, 1.82) is 0 Å². The minimum atomic E-state index is -2.92. The fraction of sp³-hybridized carbons (Fsp3) is 0. The Hall–Kier alpha value is -5.36. The second kappa shape index (κ2) is 9.92. The highest BCUT2D eigenvalue weighted by molar-refractivity contribution is 7.17. The summed E-state index contributed by atoms with van der Waals surface area (Å²) < 4.78 is 15.2. The third-order valence-electron chi connectivity index (χ3n) is 8.26. The second-order valence-electron chi connectivity index (χ2n) is 10.6. The minimum Gasteiger partial charge on any atom is -0.456 e. The van der Waals surface area contributed by atoms with Crippen molar-refractivity contribution in [2.45, 2.75) is 0 Å². The molecule has 0 bridgehead atoms. The Labute approximate surface area is 247 Å². The Kier molecular flexibility index (Phi) is 5.52. The lowest BCUT2D eigenvalue weighted by molar-refractivity contribution is 0.669. The predicted octanol–water partition coefficient (Wildman–Crippen LogP) is 7.95. The lowest BCUT2D eigenvalue weighted by Crippen LogP contribution is -2.66. The molecule has 1 nitrogen and oxygen atoms in total. The summed E-state index contributed by atoms with van der Waals surface area (Å²) in [6.07, 6.45) is 0. The van der Waals surface area contributed by atoms with Gasteiger partial charge >= 0.3 is 0 Å². The summed E-state index contributed by atoms with van der Waals surface area (Å²) in [5.74, 6) is 3.78. The van der Waals surface area contributed by atoms with E-state index < -0.39 is 8.07 Å². The topological polar surface area (TPSA) is 13.1 Å². The van der Waals surface area contributed by atoms with Gasteiger partial charge in [0.05, 0.1) is 1.37 Å². The zero-order valence-electron chi connectivity index (χ0n) is 23.8. The van der Waals surface area contributed by atoms with Crippen molar-refractivity contribution >= 4 is 67.1 Å². The van der Waals surface area contributed by atoms with E-state index in [0.29, 0.717) is 6.04 Å². The van der Waals surface area contributed by atoms with Gasteiger partial charge in [0.15, 0.2) is 0 Å². The molecule has 7 aromatic carbocycles. The van der Waals surface area contributed by atoms with Gasteiger partial charge in [-0.15, -0.1) is 5.54 Å². The summed E-state index contributed by atoms with van der Waals surface area (Å²) in [5.41, 5.74) is 6.75. The maximum absolute atomic E-state index is 8.97. The zero-order valence-corrected chi connectivity index (χ0v) is 23.8. The van der Waals surface area contributed by atoms with Crippen LogP contribution in [-0.4, -0.2) is 8.07 Å². The molecular formula is C40H26OSi. The van der Waals surface area contributed by atoms with Gasteiger partial charge in [-0.1, -0.05) is 139 Å². The van der Waals surface area contributed by atoms with E-state index in [1.807, 2.05) is 48.5 Å². The quantitative estimate of drug-likeness (QED) is 0.0940. The molecule has 0 atom stereocenters. The van der Waals surface area contributed by atoms with Gasteiger partial charge in [0.25, 0.3) is 0 Å². The van der Waals surface area contributed by atoms with Gasteiger partial charge in [-0.2, -0.15) is 0 Å². The Balaban J connectivity index is 1.50. The van der Waals surface area contributed by atoms with E-state index in [1.165, 1.54) is 15.6 Å². The molecule has 0 amide bonds. The second-order valence-corrected chi connectivity index (χ2v) is 14.1. The van der Waals surface area contributed by atoms with Crippen LogP contribution < -0.4 is 15.6 Å². The lowest BCUT2D eigenvalue weighted by atomic mass is 9.97. The summed E-state index contributed by atoms with van der Waals surface area (Å²) in [6, 6.07) is 53.3. The van der Waals surface area contributed by atoms with Gasteiger partial charge in [0, 0.05) is 16.3 Å². The molecule has 0 fully saturated rings. The van der Waals surface area contributed by atoms with Crippen molar-refractivity contribution in [1.82, 2.24) is 0 Å². The molecule has 196 valence electrons. The van der Waals surface area contributed by atoms with Crippen LogP contribution in [0.1, 0.15) is 6.93 Å². The number of rotatable bonds is 3. The predicted molar refractivity (Wildman–Crippen MR) is 180 cm³/mol. The SMILES string of the molecule is [2H]c1c2ccccc2c(C#C[Si](c2ccccc2)(c2ccccc2)c2ccc3oc4ccccc4c3c2)c2ccccc12. The molecule has 2 heteroatoms. The third-order valence-corrected chi connectivity index (χ3v) is 12.3. The highest BCUT2D eigenvalue weighted by Crippen LogP contribution is 2.30. The largest absolute Gasteiger partial charge is 0.456 e. The lowest BCUT2D eigenvalue weighted by Gasteiger charge is -2.28. The summed E-state index contributed by atoms with van der Waals surface area (Å²) in [6.45, 7) is 0. The first kappa shape index (κ1) is 23.4. The van der Waals surface area contributed by atoms with Gasteiger partial charge in [0.2, 0.25) is 8.07 Å². The molecule has 0 saturated carbocycles. The van der Waals surface area contributed by atoms with Crippen LogP contribution >= 0.6 is 0 Å². The average molecular weight is 552 g/mol. The van der Waals surface area contributed by atoms with Gasteiger partial charge in [0.1, 0.15) is 11.2 Å². The van der Waals surface area contributed by atoms with E-state index in [4.69, 9.17) is 5.79 Å². The molecule has 0 saturated heterocycles. The van der Waals surface area contributed by atoms with Crippen molar-refractivity contribution in [2.24, 2.45) is 0 Å².